The number of halogens is 1. The number of hydrogen-bond donors (Lipinski definition) is 2. The van der Waals surface area contributed by atoms with Gasteiger partial charge in [-0.1, -0.05) is 24.3 Å². The molecule has 0 aromatic heterocycles. The van der Waals surface area contributed by atoms with Crippen molar-refractivity contribution in [2.75, 3.05) is 31.5 Å². The summed E-state index contributed by atoms with van der Waals surface area (Å²) in [7, 11) is 3.28. The molecule has 0 saturated heterocycles. The van der Waals surface area contributed by atoms with Gasteiger partial charge in [-0.25, -0.2) is 0 Å². The quantitative estimate of drug-likeness (QED) is 0.351. The van der Waals surface area contributed by atoms with E-state index in [1.807, 2.05) is 67.6 Å². The minimum absolute atomic E-state index is 0.0295. The number of para-hydroxylation sites is 2. The van der Waals surface area contributed by atoms with Crippen LogP contribution in [0.2, 0.25) is 0 Å². The number of Topliss-reactive ketones (excluding diaryl/α,β-unsaturated/α-hetero) is 1. The maximum atomic E-state index is 13.8. The maximum Gasteiger partial charge on any atom is 0.163 e. The third-order valence-electron chi connectivity index (χ3n) is 6.78. The van der Waals surface area contributed by atoms with E-state index in [4.69, 9.17) is 14.2 Å². The van der Waals surface area contributed by atoms with Crippen LogP contribution < -0.4 is 24.8 Å². The summed E-state index contributed by atoms with van der Waals surface area (Å²) in [6, 6.07) is 19.7. The summed E-state index contributed by atoms with van der Waals surface area (Å²) in [5, 5.41) is 7.22. The SMILES string of the molecule is CCOc1ccc([C@@H]2CC(=O)C3=C(C2)Nc2ccccc2N[C@@H]3c2ccc(OC)c(Br)c2)cc1OC. The second-order valence-corrected chi connectivity index (χ2v) is 9.76. The molecule has 0 fully saturated rings. The molecule has 1 aliphatic carbocycles. The third kappa shape index (κ3) is 4.55. The highest BCUT2D eigenvalue weighted by atomic mass is 79.9. The zero-order valence-electron chi connectivity index (χ0n) is 20.6. The van der Waals surface area contributed by atoms with Crippen molar-refractivity contribution in [3.8, 4) is 17.2 Å². The van der Waals surface area contributed by atoms with E-state index in [2.05, 4.69) is 26.6 Å². The van der Waals surface area contributed by atoms with Gasteiger partial charge in [-0.2, -0.15) is 0 Å². The van der Waals surface area contributed by atoms with Crippen LogP contribution in [-0.4, -0.2) is 26.6 Å². The summed E-state index contributed by atoms with van der Waals surface area (Å²) >= 11 is 3.61. The number of rotatable bonds is 6. The van der Waals surface area contributed by atoms with E-state index < -0.39 is 0 Å². The second-order valence-electron chi connectivity index (χ2n) is 8.91. The van der Waals surface area contributed by atoms with Gasteiger partial charge in [0.1, 0.15) is 5.75 Å². The van der Waals surface area contributed by atoms with Crippen LogP contribution in [-0.2, 0) is 4.79 Å². The summed E-state index contributed by atoms with van der Waals surface area (Å²) in [5.74, 6) is 2.30. The first kappa shape index (κ1) is 24.3. The van der Waals surface area contributed by atoms with Gasteiger partial charge < -0.3 is 24.8 Å². The zero-order chi connectivity index (χ0) is 25.2. The monoisotopic (exact) mass is 548 g/mol. The number of carbonyl (C=O) groups excluding carboxylic acids is 1. The van der Waals surface area contributed by atoms with Crippen LogP contribution in [0.4, 0.5) is 11.4 Å². The standard InChI is InChI=1S/C29H29BrN2O4/c1-4-36-26-12-9-17(16-27(26)35-3)19-14-23-28(24(33)15-19)29(18-10-11-25(34-2)20(30)13-18)32-22-8-6-5-7-21(22)31-23/h5-13,16,19,29,31-32H,4,14-15H2,1-3H3/t19-,29+/m0/s1. The minimum atomic E-state index is -0.290. The number of ketones is 1. The fourth-order valence-corrected chi connectivity index (χ4v) is 5.61. The molecule has 2 atom stereocenters. The van der Waals surface area contributed by atoms with Crippen LogP contribution >= 0.6 is 15.9 Å². The predicted octanol–water partition coefficient (Wildman–Crippen LogP) is 6.84. The van der Waals surface area contributed by atoms with Crippen molar-refractivity contribution in [2.24, 2.45) is 0 Å². The number of benzene rings is 3. The lowest BCUT2D eigenvalue weighted by Gasteiger charge is -2.30. The van der Waals surface area contributed by atoms with Crippen LogP contribution in [0, 0.1) is 0 Å². The van der Waals surface area contributed by atoms with Crippen LogP contribution in [0.15, 0.2) is 76.4 Å². The number of anilines is 2. The lowest BCUT2D eigenvalue weighted by atomic mass is 9.78. The van der Waals surface area contributed by atoms with Gasteiger partial charge in [-0.15, -0.1) is 0 Å². The van der Waals surface area contributed by atoms with Crippen molar-refractivity contribution in [2.45, 2.75) is 31.7 Å². The summed E-state index contributed by atoms with van der Waals surface area (Å²) in [6.07, 6.45) is 1.13. The molecule has 0 saturated carbocycles. The Labute approximate surface area is 219 Å². The van der Waals surface area contributed by atoms with Crippen molar-refractivity contribution in [1.29, 1.82) is 0 Å². The van der Waals surface area contributed by atoms with E-state index in [9.17, 15) is 4.79 Å². The fraction of sp³-hybridized carbons (Fsp3) is 0.276. The molecule has 3 aromatic rings. The molecule has 0 unspecified atom stereocenters. The lowest BCUT2D eigenvalue weighted by molar-refractivity contribution is -0.116. The molecular weight excluding hydrogens is 520 g/mol. The van der Waals surface area contributed by atoms with E-state index in [1.165, 1.54) is 0 Å². The molecule has 6 nitrogen and oxygen atoms in total. The van der Waals surface area contributed by atoms with Gasteiger partial charge in [-0.3, -0.25) is 4.79 Å². The molecule has 36 heavy (non-hydrogen) atoms. The van der Waals surface area contributed by atoms with Crippen molar-refractivity contribution >= 4 is 33.1 Å². The molecule has 0 amide bonds. The van der Waals surface area contributed by atoms with Gasteiger partial charge in [0, 0.05) is 17.7 Å². The third-order valence-corrected chi connectivity index (χ3v) is 7.40. The molecule has 5 rings (SSSR count). The molecule has 7 heteroatoms. The Hall–Kier alpha value is -3.45. The first-order valence-corrected chi connectivity index (χ1v) is 12.8. The zero-order valence-corrected chi connectivity index (χ0v) is 22.1. The summed E-state index contributed by atoms with van der Waals surface area (Å²) < 4.78 is 17.5. The van der Waals surface area contributed by atoms with Crippen molar-refractivity contribution in [1.82, 2.24) is 0 Å². The van der Waals surface area contributed by atoms with Gasteiger partial charge in [0.25, 0.3) is 0 Å². The van der Waals surface area contributed by atoms with E-state index in [0.29, 0.717) is 30.9 Å². The van der Waals surface area contributed by atoms with Crippen LogP contribution in [0.1, 0.15) is 42.9 Å². The highest BCUT2D eigenvalue weighted by Gasteiger charge is 2.36. The van der Waals surface area contributed by atoms with Crippen LogP contribution in [0.25, 0.3) is 0 Å². The molecule has 1 aliphatic heterocycles. The molecule has 2 N–H and O–H groups in total. The summed E-state index contributed by atoms with van der Waals surface area (Å²) in [4.78, 5) is 13.8. The predicted molar refractivity (Wildman–Crippen MR) is 145 cm³/mol. The number of methoxy groups -OCH3 is 2. The Morgan fingerprint density at radius 3 is 2.33 bits per heavy atom. The van der Waals surface area contributed by atoms with Gasteiger partial charge >= 0.3 is 0 Å². The number of ether oxygens (including phenoxy) is 3. The number of hydrogen-bond acceptors (Lipinski definition) is 6. The van der Waals surface area contributed by atoms with Crippen molar-refractivity contribution in [3.63, 3.8) is 0 Å². The number of fused-ring (bicyclic) bond motifs is 1. The molecule has 2 aliphatic rings. The molecule has 186 valence electrons. The molecular formula is C29H29BrN2O4. The van der Waals surface area contributed by atoms with E-state index in [-0.39, 0.29) is 17.7 Å². The van der Waals surface area contributed by atoms with E-state index >= 15 is 0 Å². The molecule has 3 aromatic carbocycles. The highest BCUT2D eigenvalue weighted by Crippen LogP contribution is 2.45. The van der Waals surface area contributed by atoms with Gasteiger partial charge in [0.15, 0.2) is 17.3 Å². The molecule has 0 radical (unpaired) electrons. The average Bonchev–Trinajstić information content (AvgIpc) is 3.06. The Bertz CT molecular complexity index is 1340. The summed E-state index contributed by atoms with van der Waals surface area (Å²) in [5.41, 5.74) is 5.68. The fourth-order valence-electron chi connectivity index (χ4n) is 5.05. The van der Waals surface area contributed by atoms with Gasteiger partial charge in [0.05, 0.1) is 42.7 Å². The number of carbonyl (C=O) groups is 1. The minimum Gasteiger partial charge on any atom is -0.496 e. The summed E-state index contributed by atoms with van der Waals surface area (Å²) in [6.45, 7) is 2.51. The maximum absolute atomic E-state index is 13.8. The number of allylic oxidation sites excluding steroid dienone is 1. The van der Waals surface area contributed by atoms with E-state index in [1.54, 1.807) is 14.2 Å². The Morgan fingerprint density at radius 2 is 1.61 bits per heavy atom. The first-order valence-electron chi connectivity index (χ1n) is 12.0. The van der Waals surface area contributed by atoms with Crippen LogP contribution in [0.3, 0.4) is 0 Å². The lowest BCUT2D eigenvalue weighted by Crippen LogP contribution is -2.27. The number of nitrogens with one attached hydrogen (secondary N) is 2. The Kier molecular flexibility index (Phi) is 6.92. The average molecular weight is 549 g/mol. The largest absolute Gasteiger partial charge is 0.496 e. The van der Waals surface area contributed by atoms with Crippen LogP contribution in [0.5, 0.6) is 17.2 Å². The first-order chi connectivity index (χ1) is 17.5. The Balaban J connectivity index is 1.56. The van der Waals surface area contributed by atoms with Crippen molar-refractivity contribution in [3.05, 3.63) is 87.5 Å². The van der Waals surface area contributed by atoms with Crippen molar-refractivity contribution < 1.29 is 19.0 Å². The normalized spacial score (nSPS) is 18.8. The highest BCUT2D eigenvalue weighted by molar-refractivity contribution is 9.10. The smallest absolute Gasteiger partial charge is 0.163 e. The van der Waals surface area contributed by atoms with E-state index in [0.717, 1.165) is 44.0 Å². The Morgan fingerprint density at radius 1 is 0.889 bits per heavy atom. The molecule has 0 bridgehead atoms. The van der Waals surface area contributed by atoms with Gasteiger partial charge in [0.2, 0.25) is 0 Å². The molecule has 0 spiro atoms. The van der Waals surface area contributed by atoms with Gasteiger partial charge in [-0.05, 0) is 82.7 Å². The molecule has 1 heterocycles. The second kappa shape index (κ2) is 10.3. The topological polar surface area (TPSA) is 68.8 Å².